The summed E-state index contributed by atoms with van der Waals surface area (Å²) in [6, 6.07) is 14.0. The summed E-state index contributed by atoms with van der Waals surface area (Å²) in [7, 11) is 3.02. The van der Waals surface area contributed by atoms with E-state index >= 15 is 0 Å². The molecule has 4 fully saturated rings. The SMILES string of the molecule is COc1ccccc1N1C(=O)[C@@H]2[C@@H](C1=O)[C@@H]1[C@@H]3C=C[C@@H]([C@@H]4C(=O)N(c5ccccc5OC)C(=O)[C@H]34)[C@H]21. The standard InChI is InChI=1S/C28H24N2O6/c1-35-17-9-5-3-7-15(17)29-25(31)21-13-11-12-14(22(21)26(29)32)20-19(13)23-24(20)28(34)30(27(23)33)16-8-4-6-10-18(16)36-2/h3-14,19-24H,1-2H3/t13-,14+,19+,20-,21+,22-,23-,24-/m0/s1. The number of rotatable bonds is 4. The van der Waals surface area contributed by atoms with Crippen molar-refractivity contribution in [1.29, 1.82) is 0 Å². The van der Waals surface area contributed by atoms with Crippen LogP contribution in [-0.2, 0) is 19.2 Å². The van der Waals surface area contributed by atoms with Gasteiger partial charge in [-0.3, -0.25) is 19.2 Å². The molecule has 8 nitrogen and oxygen atoms in total. The molecule has 182 valence electrons. The van der Waals surface area contributed by atoms with Crippen LogP contribution < -0.4 is 19.3 Å². The molecule has 4 amide bonds. The second kappa shape index (κ2) is 7.29. The minimum Gasteiger partial charge on any atom is -0.495 e. The lowest BCUT2D eigenvalue weighted by molar-refractivity contribution is -0.166. The molecule has 2 heterocycles. The number of anilines is 2. The normalized spacial score (nSPS) is 35.5. The van der Waals surface area contributed by atoms with Crippen LogP contribution >= 0.6 is 0 Å². The van der Waals surface area contributed by atoms with Crippen LogP contribution in [0.25, 0.3) is 0 Å². The monoisotopic (exact) mass is 484 g/mol. The quantitative estimate of drug-likeness (QED) is 0.489. The number of allylic oxidation sites excluding steroid dienone is 2. The lowest BCUT2D eigenvalue weighted by Crippen LogP contribution is -2.63. The number of nitrogens with zero attached hydrogens (tertiary/aromatic N) is 2. The fourth-order valence-electron chi connectivity index (χ4n) is 7.70. The number of carbonyl (C=O) groups excluding carboxylic acids is 4. The van der Waals surface area contributed by atoms with Gasteiger partial charge in [-0.15, -0.1) is 0 Å². The van der Waals surface area contributed by atoms with Gasteiger partial charge in [0.1, 0.15) is 11.5 Å². The number of ether oxygens (including phenoxy) is 2. The zero-order valence-electron chi connectivity index (χ0n) is 19.7. The van der Waals surface area contributed by atoms with Crippen LogP contribution in [0.3, 0.4) is 0 Å². The number of hydrogen-bond donors (Lipinski definition) is 0. The Morgan fingerprint density at radius 3 is 1.31 bits per heavy atom. The highest BCUT2D eigenvalue weighted by Gasteiger charge is 2.75. The van der Waals surface area contributed by atoms with Crippen molar-refractivity contribution in [3.05, 3.63) is 60.7 Å². The van der Waals surface area contributed by atoms with Gasteiger partial charge in [-0.25, -0.2) is 9.80 Å². The van der Waals surface area contributed by atoms with Crippen molar-refractivity contribution < 1.29 is 28.7 Å². The van der Waals surface area contributed by atoms with Crippen LogP contribution in [0, 0.1) is 47.3 Å². The van der Waals surface area contributed by atoms with Gasteiger partial charge in [-0.05, 0) is 47.9 Å². The first kappa shape index (κ1) is 21.4. The van der Waals surface area contributed by atoms with Crippen molar-refractivity contribution >= 4 is 35.0 Å². The first-order valence-corrected chi connectivity index (χ1v) is 12.2. The molecule has 8 rings (SSSR count). The minimum atomic E-state index is -0.539. The van der Waals surface area contributed by atoms with Crippen molar-refractivity contribution in [2.45, 2.75) is 0 Å². The van der Waals surface area contributed by atoms with Crippen molar-refractivity contribution in [1.82, 2.24) is 0 Å². The second-order valence-corrected chi connectivity index (χ2v) is 10.2. The van der Waals surface area contributed by atoms with Gasteiger partial charge in [0.25, 0.3) is 0 Å². The number of imide groups is 2. The van der Waals surface area contributed by atoms with E-state index in [1.807, 2.05) is 12.2 Å². The summed E-state index contributed by atoms with van der Waals surface area (Å²) in [5, 5.41) is 0. The van der Waals surface area contributed by atoms with Crippen LogP contribution in [0.2, 0.25) is 0 Å². The Balaban J connectivity index is 1.26. The van der Waals surface area contributed by atoms with Crippen molar-refractivity contribution in [2.75, 3.05) is 24.0 Å². The van der Waals surface area contributed by atoms with Crippen LogP contribution in [0.4, 0.5) is 11.4 Å². The number of benzene rings is 2. The predicted molar refractivity (Wildman–Crippen MR) is 128 cm³/mol. The third-order valence-corrected chi connectivity index (χ3v) is 9.00. The molecule has 36 heavy (non-hydrogen) atoms. The Labute approximate surface area is 207 Å². The predicted octanol–water partition coefficient (Wildman–Crippen LogP) is 2.68. The molecule has 8 atom stereocenters. The first-order valence-electron chi connectivity index (χ1n) is 12.2. The molecule has 8 heteroatoms. The Morgan fingerprint density at radius 1 is 0.556 bits per heavy atom. The summed E-state index contributed by atoms with van der Waals surface area (Å²) >= 11 is 0. The number of hydrogen-bond acceptors (Lipinski definition) is 6. The fraction of sp³-hybridized carbons (Fsp3) is 0.357. The number of para-hydroxylation sites is 4. The summed E-state index contributed by atoms with van der Waals surface area (Å²) < 4.78 is 10.8. The highest BCUT2D eigenvalue weighted by molar-refractivity contribution is 6.25. The topological polar surface area (TPSA) is 93.2 Å². The molecule has 0 N–H and O–H groups in total. The lowest BCUT2D eigenvalue weighted by atomic mass is 9.40. The summed E-state index contributed by atoms with van der Waals surface area (Å²) in [5.41, 5.74) is 0.877. The Kier molecular flexibility index (Phi) is 4.32. The third-order valence-electron chi connectivity index (χ3n) is 9.00. The van der Waals surface area contributed by atoms with Gasteiger partial charge < -0.3 is 9.47 Å². The van der Waals surface area contributed by atoms with E-state index < -0.39 is 23.7 Å². The highest BCUT2D eigenvalue weighted by Crippen LogP contribution is 2.68. The highest BCUT2D eigenvalue weighted by atomic mass is 16.5. The maximum Gasteiger partial charge on any atom is 0.238 e. The van der Waals surface area contributed by atoms with Gasteiger partial charge >= 0.3 is 0 Å². The summed E-state index contributed by atoms with van der Waals surface area (Å²) in [6.45, 7) is 0. The molecule has 0 aromatic heterocycles. The van der Waals surface area contributed by atoms with E-state index in [9.17, 15) is 19.2 Å². The fourth-order valence-corrected chi connectivity index (χ4v) is 7.70. The number of amides is 4. The molecule has 2 aromatic carbocycles. The molecule has 0 spiro atoms. The lowest BCUT2D eigenvalue weighted by Gasteiger charge is -2.60. The van der Waals surface area contributed by atoms with Gasteiger partial charge in [-0.2, -0.15) is 0 Å². The van der Waals surface area contributed by atoms with E-state index in [1.54, 1.807) is 48.5 Å². The Hall–Kier alpha value is -3.94. The number of carbonyl (C=O) groups is 4. The molecular weight excluding hydrogens is 460 g/mol. The average molecular weight is 485 g/mol. The van der Waals surface area contributed by atoms with Crippen LogP contribution in [-0.4, -0.2) is 37.8 Å². The molecule has 4 aliphatic carbocycles. The molecule has 2 saturated heterocycles. The first-order chi connectivity index (χ1) is 17.5. The van der Waals surface area contributed by atoms with Gasteiger partial charge in [0.2, 0.25) is 23.6 Å². The van der Waals surface area contributed by atoms with Gasteiger partial charge in [0.05, 0.1) is 49.3 Å². The van der Waals surface area contributed by atoms with Gasteiger partial charge in [-0.1, -0.05) is 36.4 Å². The van der Waals surface area contributed by atoms with Crippen LogP contribution in [0.1, 0.15) is 0 Å². The van der Waals surface area contributed by atoms with Crippen molar-refractivity contribution in [3.8, 4) is 11.5 Å². The van der Waals surface area contributed by atoms with Gasteiger partial charge in [0, 0.05) is 0 Å². The van der Waals surface area contributed by atoms with Crippen LogP contribution in [0.15, 0.2) is 60.7 Å². The largest absolute Gasteiger partial charge is 0.495 e. The average Bonchev–Trinajstić information content (AvgIpc) is 3.27. The van der Waals surface area contributed by atoms with E-state index in [1.165, 1.54) is 24.0 Å². The second-order valence-electron chi connectivity index (χ2n) is 10.2. The van der Waals surface area contributed by atoms with Crippen molar-refractivity contribution in [3.63, 3.8) is 0 Å². The maximum atomic E-state index is 13.7. The molecule has 2 aromatic rings. The molecule has 0 radical (unpaired) electrons. The van der Waals surface area contributed by atoms with E-state index in [2.05, 4.69) is 0 Å². The van der Waals surface area contributed by atoms with Gasteiger partial charge in [0.15, 0.2) is 0 Å². The smallest absolute Gasteiger partial charge is 0.238 e. The van der Waals surface area contributed by atoms with E-state index in [4.69, 9.17) is 9.47 Å². The van der Waals surface area contributed by atoms with E-state index in [0.717, 1.165) is 0 Å². The third kappa shape index (κ3) is 2.39. The summed E-state index contributed by atoms with van der Waals surface area (Å²) in [4.78, 5) is 57.2. The Bertz CT molecular complexity index is 1330. The minimum absolute atomic E-state index is 0.142. The molecule has 2 saturated carbocycles. The molecule has 2 bridgehead atoms. The maximum absolute atomic E-state index is 13.7. The number of methoxy groups -OCH3 is 2. The molecule has 6 aliphatic rings. The zero-order valence-corrected chi connectivity index (χ0v) is 19.7. The van der Waals surface area contributed by atoms with E-state index in [-0.39, 0.29) is 47.3 Å². The molecule has 0 unspecified atom stereocenters. The zero-order chi connectivity index (χ0) is 24.9. The molecule has 2 aliphatic heterocycles. The van der Waals surface area contributed by atoms with Crippen molar-refractivity contribution in [2.24, 2.45) is 47.3 Å². The van der Waals surface area contributed by atoms with E-state index in [0.29, 0.717) is 22.9 Å². The Morgan fingerprint density at radius 2 is 0.917 bits per heavy atom. The summed E-state index contributed by atoms with van der Waals surface area (Å²) in [6.07, 6.45) is 4.01. The van der Waals surface area contributed by atoms with Crippen LogP contribution in [0.5, 0.6) is 11.5 Å². The summed E-state index contributed by atoms with van der Waals surface area (Å²) in [5.74, 6) is -2.97. The molecular formula is C28H24N2O6. The number of fused-ring (bicyclic) bond motifs is 1.